The van der Waals surface area contributed by atoms with E-state index < -0.39 is 10.0 Å². The van der Waals surface area contributed by atoms with Gasteiger partial charge in [0.2, 0.25) is 5.95 Å². The number of aromatic nitrogens is 3. The van der Waals surface area contributed by atoms with Crippen molar-refractivity contribution >= 4 is 43.4 Å². The van der Waals surface area contributed by atoms with Gasteiger partial charge in [-0.3, -0.25) is 0 Å². The zero-order valence-corrected chi connectivity index (χ0v) is 14.5. The third kappa shape index (κ3) is 4.82. The molecule has 0 saturated heterocycles. The number of hydrogen-bond acceptors (Lipinski definition) is 8. The number of rotatable bonds is 6. The van der Waals surface area contributed by atoms with Crippen LogP contribution < -0.4 is 15.8 Å². The summed E-state index contributed by atoms with van der Waals surface area (Å²) in [6.45, 7) is 1.76. The number of anilines is 3. The molecule has 2 heterocycles. The molecule has 0 fully saturated rings. The number of hydrogen-bond donors (Lipinski definition) is 4. The highest BCUT2D eigenvalue weighted by Gasteiger charge is 2.11. The number of primary sulfonamides is 1. The molecule has 0 amide bonds. The van der Waals surface area contributed by atoms with Crippen molar-refractivity contribution in [2.75, 3.05) is 17.2 Å². The summed E-state index contributed by atoms with van der Waals surface area (Å²) in [6, 6.07) is 2.61. The van der Waals surface area contributed by atoms with Crippen molar-refractivity contribution in [1.82, 2.24) is 15.0 Å². The Labute approximate surface area is 141 Å². The number of pyridine rings is 1. The fraction of sp³-hybridized carbons (Fsp3) is 0.250. The highest BCUT2D eigenvalue weighted by atomic mass is 79.9. The van der Waals surface area contributed by atoms with Gasteiger partial charge in [0.25, 0.3) is 10.0 Å². The molecule has 124 valence electrons. The van der Waals surface area contributed by atoms with Gasteiger partial charge in [0.15, 0.2) is 5.03 Å². The Hall–Kier alpha value is -1.82. The third-order valence-corrected chi connectivity index (χ3v) is 4.09. The van der Waals surface area contributed by atoms with Gasteiger partial charge in [-0.05, 0) is 35.0 Å². The molecule has 5 N–H and O–H groups in total. The van der Waals surface area contributed by atoms with Crippen molar-refractivity contribution in [3.63, 3.8) is 0 Å². The molecular formula is C12H15BrN6O3S. The van der Waals surface area contributed by atoms with Crippen LogP contribution in [0, 0.1) is 0 Å². The van der Waals surface area contributed by atoms with Crippen molar-refractivity contribution in [2.24, 2.45) is 5.14 Å². The maximum atomic E-state index is 11.2. The molecule has 0 saturated carbocycles. The maximum Gasteiger partial charge on any atom is 0.255 e. The predicted molar refractivity (Wildman–Crippen MR) is 88.8 cm³/mol. The summed E-state index contributed by atoms with van der Waals surface area (Å²) in [4.78, 5) is 12.1. The van der Waals surface area contributed by atoms with Crippen LogP contribution in [0.5, 0.6) is 0 Å². The van der Waals surface area contributed by atoms with Crippen LogP contribution in [-0.4, -0.2) is 41.1 Å². The van der Waals surface area contributed by atoms with Crippen LogP contribution in [0.25, 0.3) is 0 Å². The Morgan fingerprint density at radius 2 is 2.09 bits per heavy atom. The van der Waals surface area contributed by atoms with Gasteiger partial charge in [-0.15, -0.1) is 0 Å². The van der Waals surface area contributed by atoms with Gasteiger partial charge in [0.1, 0.15) is 5.82 Å². The first-order valence-electron chi connectivity index (χ1n) is 6.45. The second-order valence-electron chi connectivity index (χ2n) is 4.67. The molecular weight excluding hydrogens is 388 g/mol. The number of aliphatic hydroxyl groups excluding tert-OH is 1. The molecule has 0 unspecified atom stereocenters. The topological polar surface area (TPSA) is 143 Å². The lowest BCUT2D eigenvalue weighted by atomic mass is 10.3. The summed E-state index contributed by atoms with van der Waals surface area (Å²) in [5, 5.41) is 19.8. The van der Waals surface area contributed by atoms with E-state index in [2.05, 4.69) is 41.5 Å². The zero-order chi connectivity index (χ0) is 17.0. The summed E-state index contributed by atoms with van der Waals surface area (Å²) in [7, 11) is -3.83. The molecule has 0 bridgehead atoms. The first-order valence-corrected chi connectivity index (χ1v) is 8.79. The number of sulfonamides is 1. The van der Waals surface area contributed by atoms with Gasteiger partial charge in [-0.2, -0.15) is 4.98 Å². The Bertz CT molecular complexity index is 784. The van der Waals surface area contributed by atoms with E-state index in [0.717, 1.165) is 0 Å². The molecule has 1 atom stereocenters. The van der Waals surface area contributed by atoms with Crippen LogP contribution in [0.4, 0.5) is 17.5 Å². The standard InChI is InChI=1S/C12H15BrN6O3S/c1-7(6-20)17-11-9(13)5-16-12(19-11)18-8-2-3-10(15-4-8)23(14,21)22/h2-5,7,20H,6H2,1H3,(H2,14,21,22)(H2,16,17,18,19)/t7-/m0/s1. The predicted octanol–water partition coefficient (Wildman–Crippen LogP) is 0.818. The largest absolute Gasteiger partial charge is 0.394 e. The van der Waals surface area contributed by atoms with Crippen LogP contribution in [0.1, 0.15) is 6.92 Å². The van der Waals surface area contributed by atoms with Crippen molar-refractivity contribution in [3.05, 3.63) is 29.0 Å². The fourth-order valence-electron chi connectivity index (χ4n) is 1.56. The van der Waals surface area contributed by atoms with E-state index >= 15 is 0 Å². The van der Waals surface area contributed by atoms with Crippen LogP contribution >= 0.6 is 15.9 Å². The number of nitrogens with zero attached hydrogens (tertiary/aromatic N) is 3. The van der Waals surface area contributed by atoms with Crippen LogP contribution in [0.2, 0.25) is 0 Å². The Balaban J connectivity index is 2.18. The van der Waals surface area contributed by atoms with Gasteiger partial charge in [-0.1, -0.05) is 0 Å². The molecule has 0 spiro atoms. The molecule has 0 aliphatic rings. The number of nitrogens with one attached hydrogen (secondary N) is 2. The molecule has 0 aliphatic carbocycles. The molecule has 9 nitrogen and oxygen atoms in total. The maximum absolute atomic E-state index is 11.2. The van der Waals surface area contributed by atoms with Crippen molar-refractivity contribution in [1.29, 1.82) is 0 Å². The second-order valence-corrected chi connectivity index (χ2v) is 7.04. The quantitative estimate of drug-likeness (QED) is 0.555. The molecule has 2 aromatic rings. The average molecular weight is 403 g/mol. The minimum absolute atomic E-state index is 0.0435. The minimum Gasteiger partial charge on any atom is -0.394 e. The summed E-state index contributed by atoms with van der Waals surface area (Å²) in [6.07, 6.45) is 2.86. The zero-order valence-electron chi connectivity index (χ0n) is 12.1. The van der Waals surface area contributed by atoms with Crippen molar-refractivity contribution in [3.8, 4) is 0 Å². The number of nitrogens with two attached hydrogens (primary N) is 1. The highest BCUT2D eigenvalue weighted by molar-refractivity contribution is 9.10. The molecule has 0 aliphatic heterocycles. The first kappa shape index (κ1) is 17.5. The van der Waals surface area contributed by atoms with E-state index in [1.807, 2.05) is 0 Å². The van der Waals surface area contributed by atoms with Crippen molar-refractivity contribution in [2.45, 2.75) is 18.0 Å². The minimum atomic E-state index is -3.83. The van der Waals surface area contributed by atoms with Gasteiger partial charge in [0, 0.05) is 12.2 Å². The summed E-state index contributed by atoms with van der Waals surface area (Å²) >= 11 is 3.32. The molecule has 0 radical (unpaired) electrons. The van der Waals surface area contributed by atoms with Crippen molar-refractivity contribution < 1.29 is 13.5 Å². The van der Waals surface area contributed by atoms with Gasteiger partial charge < -0.3 is 15.7 Å². The Morgan fingerprint density at radius 3 is 2.65 bits per heavy atom. The van der Waals surface area contributed by atoms with E-state index in [1.165, 1.54) is 18.3 Å². The van der Waals surface area contributed by atoms with E-state index in [9.17, 15) is 8.42 Å². The third-order valence-electron chi connectivity index (χ3n) is 2.69. The summed E-state index contributed by atoms with van der Waals surface area (Å²) in [5.41, 5.74) is 0.501. The molecule has 23 heavy (non-hydrogen) atoms. The second kappa shape index (κ2) is 7.17. The van der Waals surface area contributed by atoms with E-state index in [4.69, 9.17) is 10.2 Å². The fourth-order valence-corrected chi connectivity index (χ4v) is 2.32. The molecule has 11 heteroatoms. The number of aliphatic hydroxyl groups is 1. The van der Waals surface area contributed by atoms with Crippen LogP contribution in [0.15, 0.2) is 34.0 Å². The van der Waals surface area contributed by atoms with E-state index in [-0.39, 0.29) is 23.6 Å². The van der Waals surface area contributed by atoms with E-state index in [1.54, 1.807) is 13.1 Å². The smallest absolute Gasteiger partial charge is 0.255 e. The molecule has 2 aromatic heterocycles. The SMILES string of the molecule is C[C@@H](CO)Nc1nc(Nc2ccc(S(N)(=O)=O)nc2)ncc1Br. The first-order chi connectivity index (χ1) is 10.8. The lowest BCUT2D eigenvalue weighted by molar-refractivity contribution is 0.281. The Morgan fingerprint density at radius 1 is 1.35 bits per heavy atom. The van der Waals surface area contributed by atoms with Gasteiger partial charge in [0.05, 0.1) is 23.0 Å². The summed E-state index contributed by atoms with van der Waals surface area (Å²) < 4.78 is 22.9. The lowest BCUT2D eigenvalue weighted by Gasteiger charge is -2.14. The van der Waals surface area contributed by atoms with E-state index in [0.29, 0.717) is 16.0 Å². The number of halogens is 1. The highest BCUT2D eigenvalue weighted by Crippen LogP contribution is 2.22. The Kier molecular flexibility index (Phi) is 5.46. The molecule has 2 rings (SSSR count). The van der Waals surface area contributed by atoms with Gasteiger partial charge >= 0.3 is 0 Å². The normalized spacial score (nSPS) is 12.7. The lowest BCUT2D eigenvalue weighted by Crippen LogP contribution is -2.20. The van der Waals surface area contributed by atoms with Crippen LogP contribution in [-0.2, 0) is 10.0 Å². The summed E-state index contributed by atoms with van der Waals surface area (Å²) in [5.74, 6) is 0.796. The van der Waals surface area contributed by atoms with Gasteiger partial charge in [-0.25, -0.2) is 23.5 Å². The average Bonchev–Trinajstić information content (AvgIpc) is 2.50. The monoisotopic (exact) mass is 402 g/mol. The molecule has 0 aromatic carbocycles. The van der Waals surface area contributed by atoms with Crippen LogP contribution in [0.3, 0.4) is 0 Å².